The summed E-state index contributed by atoms with van der Waals surface area (Å²) in [6.45, 7) is 3.60. The molecule has 0 saturated heterocycles. The average Bonchev–Trinajstić information content (AvgIpc) is 2.53. The monoisotopic (exact) mass is 356 g/mol. The van der Waals surface area contributed by atoms with Crippen LogP contribution in [-0.4, -0.2) is 23.1 Å². The van der Waals surface area contributed by atoms with Crippen LogP contribution in [0.1, 0.15) is 5.56 Å². The molecule has 0 saturated carbocycles. The van der Waals surface area contributed by atoms with E-state index in [1.165, 1.54) is 0 Å². The molecule has 1 aromatic carbocycles. The van der Waals surface area contributed by atoms with Gasteiger partial charge in [0.05, 0.1) is 5.52 Å². The highest BCUT2D eigenvalue weighted by Gasteiger charge is 1.99. The van der Waals surface area contributed by atoms with Crippen molar-refractivity contribution in [3.05, 3.63) is 58.7 Å². The molecule has 22 heavy (non-hydrogen) atoms. The summed E-state index contributed by atoms with van der Waals surface area (Å²) >= 11 is 3.47. The Labute approximate surface area is 138 Å². The Hall–Kier alpha value is -2.14. The Morgan fingerprint density at radius 3 is 2.50 bits per heavy atom. The van der Waals surface area contributed by atoms with Gasteiger partial charge in [0.15, 0.2) is 0 Å². The molecule has 0 bridgehead atoms. The minimum atomic E-state index is 0.782. The lowest BCUT2D eigenvalue weighted by atomic mass is 10.2. The van der Waals surface area contributed by atoms with Gasteiger partial charge in [-0.3, -0.25) is 0 Å². The lowest BCUT2D eigenvalue weighted by Gasteiger charge is -2.08. The minimum absolute atomic E-state index is 0.782. The van der Waals surface area contributed by atoms with E-state index in [1.807, 2.05) is 43.5 Å². The van der Waals surface area contributed by atoms with E-state index in [-0.39, 0.29) is 0 Å². The summed E-state index contributed by atoms with van der Waals surface area (Å²) in [6.07, 6.45) is 1.86. The molecule has 3 aromatic rings. The van der Waals surface area contributed by atoms with Gasteiger partial charge in [0.1, 0.15) is 11.6 Å². The Balaban J connectivity index is 1.55. The Morgan fingerprint density at radius 1 is 0.955 bits per heavy atom. The highest BCUT2D eigenvalue weighted by Crippen LogP contribution is 2.19. The Morgan fingerprint density at radius 2 is 1.73 bits per heavy atom. The van der Waals surface area contributed by atoms with E-state index in [0.717, 1.165) is 45.7 Å². The number of hydrogen-bond acceptors (Lipinski definition) is 4. The third-order valence-electron chi connectivity index (χ3n) is 3.30. The van der Waals surface area contributed by atoms with E-state index < -0.39 is 0 Å². The molecule has 0 aliphatic heterocycles. The van der Waals surface area contributed by atoms with E-state index in [9.17, 15) is 0 Å². The van der Waals surface area contributed by atoms with Crippen molar-refractivity contribution in [2.45, 2.75) is 6.92 Å². The SMILES string of the molecule is Cc1ccc(NCCNc2ccc3cc(Br)ccc3n2)nc1. The maximum absolute atomic E-state index is 4.60. The molecular weight excluding hydrogens is 340 g/mol. The lowest BCUT2D eigenvalue weighted by Crippen LogP contribution is -2.14. The number of anilines is 2. The summed E-state index contributed by atoms with van der Waals surface area (Å²) < 4.78 is 1.07. The van der Waals surface area contributed by atoms with Crippen LogP contribution in [0, 0.1) is 6.92 Å². The number of benzene rings is 1. The maximum Gasteiger partial charge on any atom is 0.126 e. The van der Waals surface area contributed by atoms with Crippen LogP contribution in [0.25, 0.3) is 10.9 Å². The molecule has 3 rings (SSSR count). The molecule has 0 aliphatic rings. The van der Waals surface area contributed by atoms with Crippen molar-refractivity contribution in [1.82, 2.24) is 9.97 Å². The van der Waals surface area contributed by atoms with Crippen LogP contribution in [0.4, 0.5) is 11.6 Å². The van der Waals surface area contributed by atoms with E-state index in [4.69, 9.17) is 0 Å². The second-order valence-electron chi connectivity index (χ2n) is 5.11. The van der Waals surface area contributed by atoms with Gasteiger partial charge in [0, 0.05) is 29.1 Å². The number of rotatable bonds is 5. The van der Waals surface area contributed by atoms with Gasteiger partial charge >= 0.3 is 0 Å². The number of fused-ring (bicyclic) bond motifs is 1. The zero-order valence-electron chi connectivity index (χ0n) is 12.3. The van der Waals surface area contributed by atoms with E-state index in [0.29, 0.717) is 0 Å². The average molecular weight is 357 g/mol. The number of pyridine rings is 2. The summed E-state index contributed by atoms with van der Waals surface area (Å²) in [7, 11) is 0. The highest BCUT2D eigenvalue weighted by molar-refractivity contribution is 9.10. The van der Waals surface area contributed by atoms with E-state index in [1.54, 1.807) is 0 Å². The summed E-state index contributed by atoms with van der Waals surface area (Å²) in [6, 6.07) is 14.2. The third-order valence-corrected chi connectivity index (χ3v) is 3.79. The number of aryl methyl sites for hydroxylation is 1. The molecule has 2 N–H and O–H groups in total. The minimum Gasteiger partial charge on any atom is -0.368 e. The molecule has 112 valence electrons. The molecule has 0 fully saturated rings. The first-order chi connectivity index (χ1) is 10.7. The van der Waals surface area contributed by atoms with Crippen LogP contribution < -0.4 is 10.6 Å². The van der Waals surface area contributed by atoms with Gasteiger partial charge in [-0.2, -0.15) is 0 Å². The van der Waals surface area contributed by atoms with Gasteiger partial charge in [-0.15, -0.1) is 0 Å². The van der Waals surface area contributed by atoms with E-state index in [2.05, 4.69) is 48.7 Å². The highest BCUT2D eigenvalue weighted by atomic mass is 79.9. The molecule has 0 spiro atoms. The number of nitrogens with one attached hydrogen (secondary N) is 2. The van der Waals surface area contributed by atoms with Gasteiger partial charge in [-0.25, -0.2) is 9.97 Å². The molecule has 2 aromatic heterocycles. The smallest absolute Gasteiger partial charge is 0.126 e. The van der Waals surface area contributed by atoms with Crippen LogP contribution in [0.15, 0.2) is 53.1 Å². The van der Waals surface area contributed by atoms with Crippen molar-refractivity contribution >= 4 is 38.5 Å². The lowest BCUT2D eigenvalue weighted by molar-refractivity contribution is 1.05. The predicted octanol–water partition coefficient (Wildman–Crippen LogP) is 4.22. The molecule has 0 atom stereocenters. The van der Waals surface area contributed by atoms with Crippen LogP contribution >= 0.6 is 15.9 Å². The zero-order valence-corrected chi connectivity index (χ0v) is 13.9. The molecular formula is C17H17BrN4. The molecule has 5 heteroatoms. The summed E-state index contributed by atoms with van der Waals surface area (Å²) in [4.78, 5) is 8.91. The van der Waals surface area contributed by atoms with Gasteiger partial charge in [-0.1, -0.05) is 22.0 Å². The molecule has 0 unspecified atom stereocenters. The number of hydrogen-bond donors (Lipinski definition) is 2. The topological polar surface area (TPSA) is 49.8 Å². The first-order valence-corrected chi connectivity index (χ1v) is 7.97. The summed E-state index contributed by atoms with van der Waals surface area (Å²) in [5.74, 6) is 1.78. The third kappa shape index (κ3) is 3.74. The van der Waals surface area contributed by atoms with Crippen LogP contribution in [-0.2, 0) is 0 Å². The van der Waals surface area contributed by atoms with Crippen molar-refractivity contribution < 1.29 is 0 Å². The van der Waals surface area contributed by atoms with Crippen molar-refractivity contribution in [1.29, 1.82) is 0 Å². The number of halogens is 1. The molecule has 4 nitrogen and oxygen atoms in total. The van der Waals surface area contributed by atoms with Crippen LogP contribution in [0.3, 0.4) is 0 Å². The quantitative estimate of drug-likeness (QED) is 0.671. The fraction of sp³-hybridized carbons (Fsp3) is 0.176. The second kappa shape index (κ2) is 6.75. The fourth-order valence-electron chi connectivity index (χ4n) is 2.15. The summed E-state index contributed by atoms with van der Waals surface area (Å²) in [5.41, 5.74) is 2.15. The summed E-state index contributed by atoms with van der Waals surface area (Å²) in [5, 5.41) is 7.73. The molecule has 0 radical (unpaired) electrons. The second-order valence-corrected chi connectivity index (χ2v) is 6.02. The van der Waals surface area contributed by atoms with Crippen molar-refractivity contribution in [3.8, 4) is 0 Å². The van der Waals surface area contributed by atoms with Gasteiger partial charge in [-0.05, 0) is 48.9 Å². The standard InChI is InChI=1S/C17H17BrN4/c1-12-2-6-16(21-11-12)19-8-9-20-17-7-3-13-10-14(18)4-5-15(13)22-17/h2-7,10-11H,8-9H2,1H3,(H,19,21)(H,20,22). The molecule has 2 heterocycles. The van der Waals surface area contributed by atoms with Crippen molar-refractivity contribution in [2.75, 3.05) is 23.7 Å². The van der Waals surface area contributed by atoms with Gasteiger partial charge in [0.2, 0.25) is 0 Å². The fourth-order valence-corrected chi connectivity index (χ4v) is 2.53. The zero-order chi connectivity index (χ0) is 15.4. The van der Waals surface area contributed by atoms with Crippen molar-refractivity contribution in [3.63, 3.8) is 0 Å². The first kappa shape index (κ1) is 14.8. The Bertz CT molecular complexity index is 771. The normalized spacial score (nSPS) is 10.6. The number of aromatic nitrogens is 2. The maximum atomic E-state index is 4.60. The van der Waals surface area contributed by atoms with Crippen LogP contribution in [0.2, 0.25) is 0 Å². The van der Waals surface area contributed by atoms with Gasteiger partial charge in [0.25, 0.3) is 0 Å². The van der Waals surface area contributed by atoms with Gasteiger partial charge < -0.3 is 10.6 Å². The molecule has 0 amide bonds. The van der Waals surface area contributed by atoms with E-state index >= 15 is 0 Å². The van der Waals surface area contributed by atoms with Crippen molar-refractivity contribution in [2.24, 2.45) is 0 Å². The predicted molar refractivity (Wildman–Crippen MR) is 95.4 cm³/mol. The first-order valence-electron chi connectivity index (χ1n) is 7.17. The van der Waals surface area contributed by atoms with Crippen LogP contribution in [0.5, 0.6) is 0 Å². The largest absolute Gasteiger partial charge is 0.368 e. The number of nitrogens with zero attached hydrogens (tertiary/aromatic N) is 2. The molecule has 0 aliphatic carbocycles. The Kier molecular flexibility index (Phi) is 4.53.